The number of fused-ring (bicyclic) bond motifs is 1. The molecule has 5 rings (SSSR count). The third kappa shape index (κ3) is 6.01. The summed E-state index contributed by atoms with van der Waals surface area (Å²) in [5.74, 6) is 0.451. The molecule has 1 heterocycles. The Labute approximate surface area is 233 Å². The highest BCUT2D eigenvalue weighted by Gasteiger charge is 2.44. The lowest BCUT2D eigenvalue weighted by Gasteiger charge is -2.41. The number of esters is 1. The molecule has 1 unspecified atom stereocenters. The van der Waals surface area contributed by atoms with E-state index in [2.05, 4.69) is 0 Å². The van der Waals surface area contributed by atoms with Gasteiger partial charge in [0.1, 0.15) is 11.8 Å². The van der Waals surface area contributed by atoms with Gasteiger partial charge in [0.25, 0.3) is 0 Å². The molecule has 7 nitrogen and oxygen atoms in total. The first-order chi connectivity index (χ1) is 19.1. The highest BCUT2D eigenvalue weighted by molar-refractivity contribution is 7.89. The van der Waals surface area contributed by atoms with Crippen LogP contribution in [-0.4, -0.2) is 63.0 Å². The van der Waals surface area contributed by atoms with Crippen LogP contribution in [0.1, 0.15) is 61.3 Å². The van der Waals surface area contributed by atoms with Crippen LogP contribution in [0.15, 0.2) is 47.4 Å². The second-order valence-electron chi connectivity index (χ2n) is 10.9. The Hall–Kier alpha value is -2.63. The van der Waals surface area contributed by atoms with Gasteiger partial charge in [-0.15, -0.1) is 0 Å². The number of halogens is 3. The smallest absolute Gasteiger partial charge is 0.416 e. The number of hydrogen-bond donors (Lipinski definition) is 0. The molecule has 40 heavy (non-hydrogen) atoms. The van der Waals surface area contributed by atoms with Crippen LogP contribution in [0.4, 0.5) is 13.2 Å². The summed E-state index contributed by atoms with van der Waals surface area (Å²) in [4.78, 5) is 14.8. The number of aryl methyl sites for hydroxylation is 1. The van der Waals surface area contributed by atoms with Crippen LogP contribution in [0.2, 0.25) is 0 Å². The van der Waals surface area contributed by atoms with E-state index in [0.29, 0.717) is 43.2 Å². The molecule has 11 heteroatoms. The van der Waals surface area contributed by atoms with Crippen LogP contribution in [0, 0.1) is 5.92 Å². The number of methoxy groups -OCH3 is 1. The Kier molecular flexibility index (Phi) is 8.45. The predicted molar refractivity (Wildman–Crippen MR) is 142 cm³/mol. The van der Waals surface area contributed by atoms with Crippen LogP contribution in [-0.2, 0) is 32.2 Å². The van der Waals surface area contributed by atoms with Crippen LogP contribution < -0.4 is 4.74 Å². The van der Waals surface area contributed by atoms with Gasteiger partial charge < -0.3 is 9.47 Å². The third-order valence-corrected chi connectivity index (χ3v) is 10.4. The maximum atomic E-state index is 13.6. The van der Waals surface area contributed by atoms with E-state index in [1.807, 2.05) is 4.90 Å². The summed E-state index contributed by atoms with van der Waals surface area (Å²) in [6.45, 7) is 1.08. The number of hydrogen-bond acceptors (Lipinski definition) is 6. The van der Waals surface area contributed by atoms with E-state index in [9.17, 15) is 26.4 Å². The molecule has 2 aromatic rings. The van der Waals surface area contributed by atoms with Gasteiger partial charge in [0.2, 0.25) is 10.0 Å². The zero-order valence-corrected chi connectivity index (χ0v) is 23.3. The fourth-order valence-corrected chi connectivity index (χ4v) is 7.81. The normalized spacial score (nSPS) is 23.1. The number of benzene rings is 2. The monoisotopic (exact) mass is 580 g/mol. The number of ether oxygens (including phenoxy) is 2. The minimum absolute atomic E-state index is 0.0501. The van der Waals surface area contributed by atoms with E-state index < -0.39 is 33.8 Å². The van der Waals surface area contributed by atoms with Crippen LogP contribution in [0.3, 0.4) is 0 Å². The van der Waals surface area contributed by atoms with Crippen molar-refractivity contribution in [1.29, 1.82) is 0 Å². The second kappa shape index (κ2) is 11.7. The van der Waals surface area contributed by atoms with Gasteiger partial charge >= 0.3 is 12.1 Å². The topological polar surface area (TPSA) is 76.2 Å². The number of carbonyl (C=O) groups is 1. The number of sulfonamides is 1. The van der Waals surface area contributed by atoms with Gasteiger partial charge in [-0.1, -0.05) is 25.3 Å². The van der Waals surface area contributed by atoms with Crippen molar-refractivity contribution in [3.63, 3.8) is 0 Å². The Bertz CT molecular complexity index is 1310. The second-order valence-corrected chi connectivity index (χ2v) is 12.8. The summed E-state index contributed by atoms with van der Waals surface area (Å²) in [7, 11) is -2.81. The third-order valence-electron chi connectivity index (χ3n) is 8.43. The quantitative estimate of drug-likeness (QED) is 0.419. The van der Waals surface area contributed by atoms with Gasteiger partial charge in [0.05, 0.1) is 24.2 Å². The van der Waals surface area contributed by atoms with Crippen molar-refractivity contribution < 1.29 is 35.9 Å². The van der Waals surface area contributed by atoms with Gasteiger partial charge in [0.15, 0.2) is 0 Å². The Morgan fingerprint density at radius 2 is 1.73 bits per heavy atom. The molecular formula is C29H35F3N2O5S. The SMILES string of the molecule is COC(=O)[C@@H]1CN(C2CCc3cc(C(F)(F)F)ccc32)CCN1S(=O)(=O)c1ccc(OCC2CCCCC2)cc1. The van der Waals surface area contributed by atoms with Crippen LogP contribution in [0.25, 0.3) is 0 Å². The molecule has 3 aliphatic rings. The van der Waals surface area contributed by atoms with Crippen molar-refractivity contribution in [2.45, 2.75) is 68.1 Å². The van der Waals surface area contributed by atoms with Gasteiger partial charge in [0, 0.05) is 25.7 Å². The predicted octanol–water partition coefficient (Wildman–Crippen LogP) is 5.20. The molecule has 0 amide bonds. The van der Waals surface area contributed by atoms with E-state index in [0.717, 1.165) is 24.5 Å². The fourth-order valence-electron chi connectivity index (χ4n) is 6.25. The van der Waals surface area contributed by atoms with Crippen molar-refractivity contribution in [1.82, 2.24) is 9.21 Å². The maximum absolute atomic E-state index is 13.6. The Balaban J connectivity index is 1.29. The van der Waals surface area contributed by atoms with Gasteiger partial charge in [-0.25, -0.2) is 8.42 Å². The fraction of sp³-hybridized carbons (Fsp3) is 0.552. The summed E-state index contributed by atoms with van der Waals surface area (Å²) in [5.41, 5.74) is 0.743. The molecule has 2 fully saturated rings. The van der Waals surface area contributed by atoms with Crippen molar-refractivity contribution in [2.75, 3.05) is 33.4 Å². The van der Waals surface area contributed by atoms with E-state index >= 15 is 0 Å². The maximum Gasteiger partial charge on any atom is 0.416 e. The molecule has 2 aromatic carbocycles. The van der Waals surface area contributed by atoms with Crippen molar-refractivity contribution in [2.24, 2.45) is 5.92 Å². The van der Waals surface area contributed by atoms with Crippen molar-refractivity contribution >= 4 is 16.0 Å². The van der Waals surface area contributed by atoms with E-state index in [4.69, 9.17) is 9.47 Å². The number of piperazine rings is 1. The van der Waals surface area contributed by atoms with Crippen molar-refractivity contribution in [3.05, 3.63) is 59.2 Å². The lowest BCUT2D eigenvalue weighted by atomic mass is 9.90. The number of nitrogens with zero attached hydrogens (tertiary/aromatic N) is 2. The minimum Gasteiger partial charge on any atom is -0.493 e. The van der Waals surface area contributed by atoms with Crippen LogP contribution in [0.5, 0.6) is 5.75 Å². The summed E-state index contributed by atoms with van der Waals surface area (Å²) in [6, 6.07) is 8.78. The Morgan fingerprint density at radius 3 is 2.40 bits per heavy atom. The van der Waals surface area contributed by atoms with Gasteiger partial charge in [-0.05, 0) is 79.1 Å². The lowest BCUT2D eigenvalue weighted by molar-refractivity contribution is -0.147. The molecule has 218 valence electrons. The van der Waals surface area contributed by atoms with E-state index in [1.165, 1.54) is 54.9 Å². The van der Waals surface area contributed by atoms with Crippen LogP contribution >= 0.6 is 0 Å². The van der Waals surface area contributed by atoms with E-state index in [1.54, 1.807) is 12.1 Å². The molecule has 2 atom stereocenters. The first-order valence-corrected chi connectivity index (χ1v) is 15.3. The molecule has 1 saturated carbocycles. The first kappa shape index (κ1) is 28.9. The number of rotatable bonds is 7. The molecule has 0 aromatic heterocycles. The Morgan fingerprint density at radius 1 is 1.00 bits per heavy atom. The molecule has 2 aliphatic carbocycles. The van der Waals surface area contributed by atoms with E-state index in [-0.39, 0.29) is 24.0 Å². The summed E-state index contributed by atoms with van der Waals surface area (Å²) < 4.78 is 78.9. The minimum atomic E-state index is -4.41. The van der Waals surface area contributed by atoms with Gasteiger partial charge in [-0.2, -0.15) is 17.5 Å². The molecule has 1 aliphatic heterocycles. The molecule has 0 spiro atoms. The largest absolute Gasteiger partial charge is 0.493 e. The average Bonchev–Trinajstić information content (AvgIpc) is 3.39. The summed E-state index contributed by atoms with van der Waals surface area (Å²) >= 11 is 0. The lowest BCUT2D eigenvalue weighted by Crippen LogP contribution is -2.58. The zero-order chi connectivity index (χ0) is 28.5. The molecule has 1 saturated heterocycles. The number of alkyl halides is 3. The highest BCUT2D eigenvalue weighted by Crippen LogP contribution is 2.40. The van der Waals surface area contributed by atoms with Gasteiger partial charge in [-0.3, -0.25) is 9.69 Å². The average molecular weight is 581 g/mol. The first-order valence-electron chi connectivity index (χ1n) is 13.8. The summed E-state index contributed by atoms with van der Waals surface area (Å²) in [6.07, 6.45) is 2.66. The zero-order valence-electron chi connectivity index (χ0n) is 22.5. The number of carbonyl (C=O) groups excluding carboxylic acids is 1. The molecular weight excluding hydrogens is 545 g/mol. The summed E-state index contributed by atoms with van der Waals surface area (Å²) in [5, 5.41) is 0. The highest BCUT2D eigenvalue weighted by atomic mass is 32.2. The molecule has 0 N–H and O–H groups in total. The molecule has 0 radical (unpaired) electrons. The molecule has 0 bridgehead atoms. The van der Waals surface area contributed by atoms with Crippen molar-refractivity contribution in [3.8, 4) is 5.75 Å². The standard InChI is InChI=1S/C29H35F3N2O5S/c1-38-28(35)27-18-33(26-14-7-21-17-22(29(30,31)32)8-13-25(21)26)15-16-34(27)40(36,37)24-11-9-23(10-12-24)39-19-20-5-3-2-4-6-20/h8-13,17,20,26-27H,2-7,14-16,18-19H2,1H3/t26?,27-/m0/s1.